The molecule has 2 fully saturated rings. The van der Waals surface area contributed by atoms with Crippen LogP contribution in [-0.2, 0) is 9.59 Å². The van der Waals surface area contributed by atoms with Crippen molar-refractivity contribution in [3.05, 3.63) is 0 Å². The molecule has 5 nitrogen and oxygen atoms in total. The van der Waals surface area contributed by atoms with E-state index in [2.05, 4.69) is 0 Å². The molecule has 2 N–H and O–H groups in total. The van der Waals surface area contributed by atoms with Gasteiger partial charge in [0, 0.05) is 32.2 Å². The number of rotatable bonds is 5. The summed E-state index contributed by atoms with van der Waals surface area (Å²) in [6, 6.07) is 0.199. The van der Waals surface area contributed by atoms with Gasteiger partial charge in [0.25, 0.3) is 0 Å². The van der Waals surface area contributed by atoms with Crippen LogP contribution in [0, 0.1) is 0 Å². The summed E-state index contributed by atoms with van der Waals surface area (Å²) in [5, 5.41) is 0. The maximum absolute atomic E-state index is 12.2. The summed E-state index contributed by atoms with van der Waals surface area (Å²) in [4.78, 5) is 28.1. The molecule has 0 aromatic heterocycles. The predicted octanol–water partition coefficient (Wildman–Crippen LogP) is 1.49. The molecule has 128 valence electrons. The van der Waals surface area contributed by atoms with Crippen molar-refractivity contribution in [1.82, 2.24) is 9.80 Å². The van der Waals surface area contributed by atoms with E-state index in [1.54, 1.807) is 0 Å². The minimum Gasteiger partial charge on any atom is -0.342 e. The average Bonchev–Trinajstić information content (AvgIpc) is 2.55. The third-order valence-electron chi connectivity index (χ3n) is 4.38. The molecule has 7 heteroatoms. The van der Waals surface area contributed by atoms with E-state index in [9.17, 15) is 9.59 Å². The molecule has 0 bridgehead atoms. The van der Waals surface area contributed by atoms with Crippen LogP contribution in [0.4, 0.5) is 0 Å². The summed E-state index contributed by atoms with van der Waals surface area (Å²) in [5.41, 5.74) is 5.74. The van der Waals surface area contributed by atoms with E-state index in [4.69, 9.17) is 5.73 Å². The van der Waals surface area contributed by atoms with Crippen molar-refractivity contribution in [1.29, 1.82) is 0 Å². The van der Waals surface area contributed by atoms with E-state index in [0.29, 0.717) is 18.1 Å². The highest BCUT2D eigenvalue weighted by atomic mass is 35.5. The first-order chi connectivity index (χ1) is 10.2. The number of hydrogen-bond acceptors (Lipinski definition) is 4. The lowest BCUT2D eigenvalue weighted by Gasteiger charge is -2.35. The fourth-order valence-corrected chi connectivity index (χ4v) is 3.92. The van der Waals surface area contributed by atoms with E-state index in [1.165, 1.54) is 18.2 Å². The number of carbonyl (C=O) groups is 2. The van der Waals surface area contributed by atoms with Gasteiger partial charge in [-0.2, -0.15) is 0 Å². The van der Waals surface area contributed by atoms with Crippen LogP contribution < -0.4 is 5.73 Å². The first kappa shape index (κ1) is 19.6. The molecule has 2 aliphatic rings. The molecule has 2 aliphatic heterocycles. The number of likely N-dealkylation sites (tertiary alicyclic amines) is 2. The summed E-state index contributed by atoms with van der Waals surface area (Å²) in [6.45, 7) is 3.13. The van der Waals surface area contributed by atoms with Gasteiger partial charge in [-0.3, -0.25) is 9.59 Å². The molecular formula is C15H28ClN3O2S. The zero-order chi connectivity index (χ0) is 15.1. The largest absolute Gasteiger partial charge is 0.342 e. The fourth-order valence-electron chi connectivity index (χ4n) is 3.12. The molecule has 1 atom stereocenters. The Hall–Kier alpha value is -0.460. The van der Waals surface area contributed by atoms with Gasteiger partial charge in [0.1, 0.15) is 0 Å². The molecule has 0 radical (unpaired) electrons. The van der Waals surface area contributed by atoms with Crippen LogP contribution in [0.5, 0.6) is 0 Å². The average molecular weight is 350 g/mol. The van der Waals surface area contributed by atoms with Crippen LogP contribution >= 0.6 is 24.2 Å². The van der Waals surface area contributed by atoms with Crippen molar-refractivity contribution >= 4 is 36.0 Å². The van der Waals surface area contributed by atoms with Crippen molar-refractivity contribution in [2.75, 3.05) is 37.7 Å². The van der Waals surface area contributed by atoms with Gasteiger partial charge in [-0.05, 0) is 38.5 Å². The molecule has 1 unspecified atom stereocenters. The number of piperidine rings is 2. The van der Waals surface area contributed by atoms with Crippen LogP contribution in [0.15, 0.2) is 0 Å². The number of nitrogens with zero attached hydrogens (tertiary/aromatic N) is 2. The second-order valence-corrected chi connectivity index (χ2v) is 6.89. The number of carbonyl (C=O) groups excluding carboxylic acids is 2. The van der Waals surface area contributed by atoms with Gasteiger partial charge in [-0.1, -0.05) is 0 Å². The molecule has 2 heterocycles. The van der Waals surface area contributed by atoms with E-state index < -0.39 is 0 Å². The highest BCUT2D eigenvalue weighted by Gasteiger charge is 2.25. The van der Waals surface area contributed by atoms with E-state index in [1.807, 2.05) is 9.80 Å². The zero-order valence-electron chi connectivity index (χ0n) is 13.2. The van der Waals surface area contributed by atoms with Crippen molar-refractivity contribution < 1.29 is 9.59 Å². The molecule has 2 rings (SSSR count). The molecule has 0 aliphatic carbocycles. The minimum atomic E-state index is 0. The van der Waals surface area contributed by atoms with E-state index >= 15 is 0 Å². The highest BCUT2D eigenvalue weighted by Crippen LogP contribution is 2.18. The quantitative estimate of drug-likeness (QED) is 0.816. The lowest BCUT2D eigenvalue weighted by atomic mass is 10.0. The Balaban J connectivity index is 0.00000242. The number of thioether (sulfide) groups is 1. The van der Waals surface area contributed by atoms with Crippen LogP contribution in [0.3, 0.4) is 0 Å². The summed E-state index contributed by atoms with van der Waals surface area (Å²) < 4.78 is 0. The van der Waals surface area contributed by atoms with Crippen LogP contribution in [-0.4, -0.2) is 65.3 Å². The highest BCUT2D eigenvalue weighted by molar-refractivity contribution is 8.00. The first-order valence-corrected chi connectivity index (χ1v) is 9.23. The lowest BCUT2D eigenvalue weighted by Crippen LogP contribution is -2.48. The third-order valence-corrected chi connectivity index (χ3v) is 5.28. The molecule has 22 heavy (non-hydrogen) atoms. The maximum atomic E-state index is 12.2. The van der Waals surface area contributed by atoms with Gasteiger partial charge >= 0.3 is 0 Å². The third kappa shape index (κ3) is 5.63. The Bertz CT molecular complexity index is 365. The standard InChI is InChI=1S/C15H27N3O2S.ClH/c16-10-13-6-2-5-9-18(13)15(20)12-21-11-14(19)17-7-3-1-4-8-17;/h13H,1-12,16H2;1H. The number of nitrogens with two attached hydrogens (primary N) is 1. The van der Waals surface area contributed by atoms with Gasteiger partial charge in [0.2, 0.25) is 11.8 Å². The second kappa shape index (κ2) is 10.3. The molecule has 2 saturated heterocycles. The number of hydrogen-bond donors (Lipinski definition) is 1. The smallest absolute Gasteiger partial charge is 0.232 e. The van der Waals surface area contributed by atoms with Crippen molar-refractivity contribution in [3.8, 4) is 0 Å². The lowest BCUT2D eigenvalue weighted by molar-refractivity contribution is -0.131. The number of halogens is 1. The molecule has 0 aromatic carbocycles. The van der Waals surface area contributed by atoms with Crippen molar-refractivity contribution in [3.63, 3.8) is 0 Å². The molecule has 0 saturated carbocycles. The fraction of sp³-hybridized carbons (Fsp3) is 0.867. The number of amides is 2. The Morgan fingerprint density at radius 2 is 1.59 bits per heavy atom. The van der Waals surface area contributed by atoms with E-state index in [-0.39, 0.29) is 30.3 Å². The molecule has 0 spiro atoms. The molecule has 0 aromatic rings. The second-order valence-electron chi connectivity index (χ2n) is 5.91. The summed E-state index contributed by atoms with van der Waals surface area (Å²) >= 11 is 1.45. The summed E-state index contributed by atoms with van der Waals surface area (Å²) in [5.74, 6) is 1.14. The SMILES string of the molecule is Cl.NCC1CCCCN1C(=O)CSCC(=O)N1CCCCC1. The monoisotopic (exact) mass is 349 g/mol. The van der Waals surface area contributed by atoms with Crippen molar-refractivity contribution in [2.45, 2.75) is 44.6 Å². The van der Waals surface area contributed by atoms with Gasteiger partial charge < -0.3 is 15.5 Å². The Morgan fingerprint density at radius 1 is 0.955 bits per heavy atom. The summed E-state index contributed by atoms with van der Waals surface area (Å²) in [7, 11) is 0. The minimum absolute atomic E-state index is 0. The first-order valence-electron chi connectivity index (χ1n) is 8.07. The van der Waals surface area contributed by atoms with Gasteiger partial charge in [-0.25, -0.2) is 0 Å². The molecular weight excluding hydrogens is 322 g/mol. The van der Waals surface area contributed by atoms with Gasteiger partial charge in [-0.15, -0.1) is 24.2 Å². The van der Waals surface area contributed by atoms with Crippen LogP contribution in [0.2, 0.25) is 0 Å². The molecule has 2 amide bonds. The van der Waals surface area contributed by atoms with Gasteiger partial charge in [0.05, 0.1) is 11.5 Å². The van der Waals surface area contributed by atoms with Crippen molar-refractivity contribution in [2.24, 2.45) is 5.73 Å². The zero-order valence-corrected chi connectivity index (χ0v) is 14.8. The topological polar surface area (TPSA) is 66.6 Å². The van der Waals surface area contributed by atoms with E-state index in [0.717, 1.165) is 51.7 Å². The van der Waals surface area contributed by atoms with Crippen LogP contribution in [0.25, 0.3) is 0 Å². The summed E-state index contributed by atoms with van der Waals surface area (Å²) in [6.07, 6.45) is 6.69. The Morgan fingerprint density at radius 3 is 2.27 bits per heavy atom. The van der Waals surface area contributed by atoms with Crippen LogP contribution in [0.1, 0.15) is 38.5 Å². The Kier molecular flexibility index (Phi) is 9.21. The maximum Gasteiger partial charge on any atom is 0.232 e. The normalized spacial score (nSPS) is 22.1. The predicted molar refractivity (Wildman–Crippen MR) is 93.4 cm³/mol. The Labute approximate surface area is 143 Å². The van der Waals surface area contributed by atoms with Gasteiger partial charge in [0.15, 0.2) is 0 Å².